The van der Waals surface area contributed by atoms with E-state index >= 15 is 0 Å². The number of piperidine rings is 1. The molecule has 0 radical (unpaired) electrons. The molecule has 1 heterocycles. The number of halogens is 1. The van der Waals surface area contributed by atoms with Crippen molar-refractivity contribution in [3.05, 3.63) is 29.6 Å². The van der Waals surface area contributed by atoms with Crippen molar-refractivity contribution in [2.75, 3.05) is 24.7 Å². The number of nitrogens with one attached hydrogen (secondary N) is 1. The lowest BCUT2D eigenvalue weighted by atomic mass is 9.97. The number of hydrogen-bond acceptors (Lipinski definition) is 3. The van der Waals surface area contributed by atoms with Crippen molar-refractivity contribution >= 4 is 21.6 Å². The van der Waals surface area contributed by atoms with Gasteiger partial charge in [0.1, 0.15) is 5.82 Å². The van der Waals surface area contributed by atoms with Crippen molar-refractivity contribution in [3.63, 3.8) is 0 Å². The smallest absolute Gasteiger partial charge is 0.227 e. The highest BCUT2D eigenvalue weighted by molar-refractivity contribution is 7.88. The number of rotatable bonds is 3. The Hall–Kier alpha value is -1.47. The van der Waals surface area contributed by atoms with E-state index in [0.717, 1.165) is 0 Å². The zero-order chi connectivity index (χ0) is 15.6. The van der Waals surface area contributed by atoms with Crippen LogP contribution in [-0.2, 0) is 14.8 Å². The standard InChI is InChI=1S/C14H19FN2O3S/c1-10-9-12(15)3-4-13(10)16-14(18)11-5-7-17(8-6-11)21(2,19)20/h3-4,9,11H,5-8H2,1-2H3,(H,16,18). The van der Waals surface area contributed by atoms with Crippen molar-refractivity contribution in [1.29, 1.82) is 0 Å². The Labute approximate surface area is 124 Å². The summed E-state index contributed by atoms with van der Waals surface area (Å²) < 4.78 is 37.2. The van der Waals surface area contributed by atoms with Gasteiger partial charge in [-0.1, -0.05) is 0 Å². The second-order valence-electron chi connectivity index (χ2n) is 5.38. The molecule has 0 spiro atoms. The van der Waals surface area contributed by atoms with Crippen LogP contribution in [0.5, 0.6) is 0 Å². The third kappa shape index (κ3) is 4.01. The average molecular weight is 314 g/mol. The van der Waals surface area contributed by atoms with Gasteiger partial charge in [-0.15, -0.1) is 0 Å². The lowest BCUT2D eigenvalue weighted by Gasteiger charge is -2.29. The Balaban J connectivity index is 1.96. The molecule has 0 unspecified atom stereocenters. The van der Waals surface area contributed by atoms with E-state index in [1.54, 1.807) is 6.92 Å². The molecule has 0 bridgehead atoms. The van der Waals surface area contributed by atoms with Crippen LogP contribution in [0.3, 0.4) is 0 Å². The topological polar surface area (TPSA) is 66.5 Å². The first-order valence-corrected chi connectivity index (χ1v) is 8.64. The van der Waals surface area contributed by atoms with E-state index < -0.39 is 10.0 Å². The summed E-state index contributed by atoms with van der Waals surface area (Å²) in [6, 6.07) is 4.20. The summed E-state index contributed by atoms with van der Waals surface area (Å²) >= 11 is 0. The molecule has 2 rings (SSSR count). The van der Waals surface area contributed by atoms with Crippen molar-refractivity contribution in [3.8, 4) is 0 Å². The maximum atomic E-state index is 13.0. The summed E-state index contributed by atoms with van der Waals surface area (Å²) in [5.74, 6) is -0.697. The fourth-order valence-electron chi connectivity index (χ4n) is 2.45. The molecule has 1 amide bonds. The highest BCUT2D eigenvalue weighted by Gasteiger charge is 2.29. The van der Waals surface area contributed by atoms with E-state index in [2.05, 4.69) is 5.32 Å². The van der Waals surface area contributed by atoms with Gasteiger partial charge in [0, 0.05) is 24.7 Å². The summed E-state index contributed by atoms with van der Waals surface area (Å²) in [6.07, 6.45) is 2.17. The molecule has 1 aliphatic heterocycles. The summed E-state index contributed by atoms with van der Waals surface area (Å²) in [4.78, 5) is 12.2. The van der Waals surface area contributed by atoms with Gasteiger partial charge in [-0.05, 0) is 43.5 Å². The molecule has 0 aliphatic carbocycles. The van der Waals surface area contributed by atoms with E-state index in [1.807, 2.05) is 0 Å². The van der Waals surface area contributed by atoms with Crippen LogP contribution in [0.4, 0.5) is 10.1 Å². The third-order valence-electron chi connectivity index (χ3n) is 3.74. The summed E-state index contributed by atoms with van der Waals surface area (Å²) in [5.41, 5.74) is 1.25. The number of carbonyl (C=O) groups is 1. The van der Waals surface area contributed by atoms with Crippen LogP contribution in [0.2, 0.25) is 0 Å². The molecule has 0 atom stereocenters. The molecule has 1 aliphatic rings. The summed E-state index contributed by atoms with van der Waals surface area (Å²) in [7, 11) is -3.19. The van der Waals surface area contributed by atoms with Crippen LogP contribution in [0.25, 0.3) is 0 Å². The Bertz CT molecular complexity index is 638. The monoisotopic (exact) mass is 314 g/mol. The van der Waals surface area contributed by atoms with Crippen molar-refractivity contribution < 1.29 is 17.6 Å². The van der Waals surface area contributed by atoms with E-state index in [4.69, 9.17) is 0 Å². The molecule has 7 heteroatoms. The molecule has 1 saturated heterocycles. The van der Waals surface area contributed by atoms with Gasteiger partial charge in [0.05, 0.1) is 6.26 Å². The first kappa shape index (κ1) is 15.9. The molecule has 21 heavy (non-hydrogen) atoms. The number of hydrogen-bond donors (Lipinski definition) is 1. The zero-order valence-corrected chi connectivity index (χ0v) is 12.9. The third-order valence-corrected chi connectivity index (χ3v) is 5.04. The van der Waals surface area contributed by atoms with Crippen molar-refractivity contribution in [2.45, 2.75) is 19.8 Å². The minimum atomic E-state index is -3.19. The van der Waals surface area contributed by atoms with Gasteiger partial charge in [-0.2, -0.15) is 0 Å². The fourth-order valence-corrected chi connectivity index (χ4v) is 3.33. The van der Waals surface area contributed by atoms with Crippen LogP contribution in [0.1, 0.15) is 18.4 Å². The van der Waals surface area contributed by atoms with E-state index in [1.165, 1.54) is 28.8 Å². The molecule has 116 valence electrons. The number of anilines is 1. The minimum absolute atomic E-state index is 0.141. The molecule has 1 aromatic carbocycles. The van der Waals surface area contributed by atoms with Gasteiger partial charge in [-0.25, -0.2) is 17.1 Å². The van der Waals surface area contributed by atoms with Crippen LogP contribution in [0.15, 0.2) is 18.2 Å². The summed E-state index contributed by atoms with van der Waals surface area (Å²) in [5, 5.41) is 2.79. The van der Waals surface area contributed by atoms with Crippen LogP contribution < -0.4 is 5.32 Å². The molecule has 1 N–H and O–H groups in total. The van der Waals surface area contributed by atoms with Gasteiger partial charge in [0.2, 0.25) is 15.9 Å². The van der Waals surface area contributed by atoms with Crippen molar-refractivity contribution in [1.82, 2.24) is 4.31 Å². The van der Waals surface area contributed by atoms with E-state index in [-0.39, 0.29) is 17.6 Å². The Morgan fingerprint density at radius 2 is 1.95 bits per heavy atom. The second kappa shape index (κ2) is 6.11. The number of amides is 1. The minimum Gasteiger partial charge on any atom is -0.326 e. The highest BCUT2D eigenvalue weighted by atomic mass is 32.2. The first-order chi connectivity index (χ1) is 9.77. The van der Waals surface area contributed by atoms with Gasteiger partial charge in [0.25, 0.3) is 0 Å². The highest BCUT2D eigenvalue weighted by Crippen LogP contribution is 2.22. The second-order valence-corrected chi connectivity index (χ2v) is 7.37. The van der Waals surface area contributed by atoms with Crippen molar-refractivity contribution in [2.24, 2.45) is 5.92 Å². The number of carbonyl (C=O) groups excluding carboxylic acids is 1. The summed E-state index contributed by atoms with van der Waals surface area (Å²) in [6.45, 7) is 2.45. The number of nitrogens with zero attached hydrogens (tertiary/aromatic N) is 1. The number of aryl methyl sites for hydroxylation is 1. The normalized spacial score (nSPS) is 17.7. The molecular formula is C14H19FN2O3S. The maximum absolute atomic E-state index is 13.0. The van der Waals surface area contributed by atoms with Gasteiger partial charge < -0.3 is 5.32 Å². The zero-order valence-electron chi connectivity index (χ0n) is 12.1. The van der Waals surface area contributed by atoms with Gasteiger partial charge >= 0.3 is 0 Å². The lowest BCUT2D eigenvalue weighted by molar-refractivity contribution is -0.120. The molecule has 5 nitrogen and oxygen atoms in total. The molecule has 0 aromatic heterocycles. The molecule has 1 fully saturated rings. The van der Waals surface area contributed by atoms with E-state index in [0.29, 0.717) is 37.2 Å². The predicted octanol–water partition coefficient (Wildman–Crippen LogP) is 1.74. The number of sulfonamides is 1. The van der Waals surface area contributed by atoms with Crippen LogP contribution in [-0.4, -0.2) is 38.0 Å². The molecule has 0 saturated carbocycles. The number of benzene rings is 1. The lowest BCUT2D eigenvalue weighted by Crippen LogP contribution is -2.40. The first-order valence-electron chi connectivity index (χ1n) is 6.79. The SMILES string of the molecule is Cc1cc(F)ccc1NC(=O)C1CCN(S(C)(=O)=O)CC1. The fraction of sp³-hybridized carbons (Fsp3) is 0.500. The average Bonchev–Trinajstić information content (AvgIpc) is 2.41. The van der Waals surface area contributed by atoms with E-state index in [9.17, 15) is 17.6 Å². The Morgan fingerprint density at radius 3 is 2.48 bits per heavy atom. The Morgan fingerprint density at radius 1 is 1.33 bits per heavy atom. The Kier molecular flexibility index (Phi) is 4.63. The largest absolute Gasteiger partial charge is 0.326 e. The van der Waals surface area contributed by atoms with Gasteiger partial charge in [-0.3, -0.25) is 4.79 Å². The van der Waals surface area contributed by atoms with Gasteiger partial charge in [0.15, 0.2) is 0 Å². The van der Waals surface area contributed by atoms with Crippen LogP contribution >= 0.6 is 0 Å². The maximum Gasteiger partial charge on any atom is 0.227 e. The predicted molar refractivity (Wildman–Crippen MR) is 78.9 cm³/mol. The van der Waals surface area contributed by atoms with Crippen LogP contribution in [0, 0.1) is 18.7 Å². The molecular weight excluding hydrogens is 295 g/mol. The molecule has 1 aromatic rings. The quantitative estimate of drug-likeness (QED) is 0.924.